The zero-order chi connectivity index (χ0) is 15.4. The molecule has 0 fully saturated rings. The molecule has 108 valence electrons. The van der Waals surface area contributed by atoms with Crippen molar-refractivity contribution >= 4 is 11.6 Å². The number of aromatic hydroxyl groups is 2. The summed E-state index contributed by atoms with van der Waals surface area (Å²) in [7, 11) is 0. The van der Waals surface area contributed by atoms with Gasteiger partial charge in [0.1, 0.15) is 17.3 Å². The fourth-order valence-corrected chi connectivity index (χ4v) is 1.69. The summed E-state index contributed by atoms with van der Waals surface area (Å²) in [5.41, 5.74) is 3.32. The molecule has 3 N–H and O–H groups in total. The Bertz CT molecular complexity index is 697. The maximum atomic E-state index is 12.8. The quantitative estimate of drug-likeness (QED) is 0.599. The van der Waals surface area contributed by atoms with E-state index in [1.165, 1.54) is 42.5 Å². The smallest absolute Gasteiger partial charge is 0.271 e. The SMILES string of the molecule is CC(=NNC(=O)c1ccc(F)cc1)c1ccc(O)cc1O. The molecule has 2 aromatic carbocycles. The average molecular weight is 288 g/mol. The van der Waals surface area contributed by atoms with Crippen LogP contribution in [0.25, 0.3) is 0 Å². The van der Waals surface area contributed by atoms with E-state index in [9.17, 15) is 19.4 Å². The van der Waals surface area contributed by atoms with Crippen molar-refractivity contribution in [3.05, 3.63) is 59.4 Å². The third-order valence-electron chi connectivity index (χ3n) is 2.80. The number of hydrogen-bond acceptors (Lipinski definition) is 4. The van der Waals surface area contributed by atoms with E-state index in [0.717, 1.165) is 0 Å². The van der Waals surface area contributed by atoms with Gasteiger partial charge in [-0.2, -0.15) is 5.10 Å². The van der Waals surface area contributed by atoms with Crippen LogP contribution in [-0.2, 0) is 0 Å². The fraction of sp³-hybridized carbons (Fsp3) is 0.0667. The number of benzene rings is 2. The van der Waals surface area contributed by atoms with Crippen LogP contribution in [0, 0.1) is 5.82 Å². The lowest BCUT2D eigenvalue weighted by molar-refractivity contribution is 0.0954. The number of phenols is 2. The number of hydrazone groups is 1. The van der Waals surface area contributed by atoms with Gasteiger partial charge >= 0.3 is 0 Å². The Morgan fingerprint density at radius 1 is 1.14 bits per heavy atom. The molecule has 0 unspecified atom stereocenters. The predicted octanol–water partition coefficient (Wildman–Crippen LogP) is 2.39. The van der Waals surface area contributed by atoms with Crippen LogP contribution in [0.3, 0.4) is 0 Å². The molecular weight excluding hydrogens is 275 g/mol. The summed E-state index contributed by atoms with van der Waals surface area (Å²) in [6.07, 6.45) is 0. The molecule has 0 atom stereocenters. The third kappa shape index (κ3) is 3.56. The minimum atomic E-state index is -0.493. The van der Waals surface area contributed by atoms with Gasteiger partial charge in [0.15, 0.2) is 0 Å². The Labute approximate surface area is 120 Å². The molecule has 0 aliphatic carbocycles. The monoisotopic (exact) mass is 288 g/mol. The van der Waals surface area contributed by atoms with Crippen LogP contribution in [0.15, 0.2) is 47.6 Å². The van der Waals surface area contributed by atoms with Crippen LogP contribution in [0.5, 0.6) is 11.5 Å². The molecule has 21 heavy (non-hydrogen) atoms. The summed E-state index contributed by atoms with van der Waals surface area (Å²) in [6, 6.07) is 9.09. The average Bonchev–Trinajstić information content (AvgIpc) is 2.45. The number of carbonyl (C=O) groups is 1. The van der Waals surface area contributed by atoms with Gasteiger partial charge in [-0.05, 0) is 43.3 Å². The first-order valence-electron chi connectivity index (χ1n) is 6.10. The molecule has 0 radical (unpaired) electrons. The van der Waals surface area contributed by atoms with Crippen molar-refractivity contribution in [2.45, 2.75) is 6.92 Å². The van der Waals surface area contributed by atoms with Crippen molar-refractivity contribution in [2.24, 2.45) is 5.10 Å². The summed E-state index contributed by atoms with van der Waals surface area (Å²) in [6.45, 7) is 1.59. The number of amides is 1. The van der Waals surface area contributed by atoms with E-state index in [0.29, 0.717) is 11.3 Å². The van der Waals surface area contributed by atoms with Crippen molar-refractivity contribution in [3.63, 3.8) is 0 Å². The molecule has 1 amide bonds. The molecule has 6 heteroatoms. The minimum absolute atomic E-state index is 0.0700. The number of nitrogens with one attached hydrogen (secondary N) is 1. The number of nitrogens with zero attached hydrogens (tertiary/aromatic N) is 1. The zero-order valence-electron chi connectivity index (χ0n) is 11.2. The van der Waals surface area contributed by atoms with Crippen molar-refractivity contribution in [3.8, 4) is 11.5 Å². The van der Waals surface area contributed by atoms with Crippen LogP contribution in [0.2, 0.25) is 0 Å². The molecule has 0 aliphatic rings. The van der Waals surface area contributed by atoms with E-state index >= 15 is 0 Å². The highest BCUT2D eigenvalue weighted by Gasteiger charge is 2.08. The molecular formula is C15H13FN2O3. The Morgan fingerprint density at radius 3 is 2.43 bits per heavy atom. The number of rotatable bonds is 3. The van der Waals surface area contributed by atoms with Crippen LogP contribution in [0.4, 0.5) is 4.39 Å². The lowest BCUT2D eigenvalue weighted by atomic mass is 10.1. The van der Waals surface area contributed by atoms with E-state index in [1.54, 1.807) is 6.92 Å². The largest absolute Gasteiger partial charge is 0.508 e. The van der Waals surface area contributed by atoms with E-state index in [2.05, 4.69) is 10.5 Å². The van der Waals surface area contributed by atoms with Gasteiger partial charge in [-0.25, -0.2) is 9.82 Å². The van der Waals surface area contributed by atoms with Crippen molar-refractivity contribution in [1.82, 2.24) is 5.43 Å². The lowest BCUT2D eigenvalue weighted by Crippen LogP contribution is -2.19. The summed E-state index contributed by atoms with van der Waals surface area (Å²) >= 11 is 0. The van der Waals surface area contributed by atoms with Gasteiger partial charge in [0.2, 0.25) is 0 Å². The molecule has 0 aliphatic heterocycles. The van der Waals surface area contributed by atoms with Crippen molar-refractivity contribution in [1.29, 1.82) is 0 Å². The van der Waals surface area contributed by atoms with Crippen LogP contribution in [0.1, 0.15) is 22.8 Å². The molecule has 5 nitrogen and oxygen atoms in total. The predicted molar refractivity (Wildman–Crippen MR) is 75.8 cm³/mol. The first kappa shape index (κ1) is 14.5. The molecule has 0 saturated heterocycles. The van der Waals surface area contributed by atoms with E-state index in [1.807, 2.05) is 0 Å². The maximum absolute atomic E-state index is 12.8. The van der Waals surface area contributed by atoms with Gasteiger partial charge in [-0.3, -0.25) is 4.79 Å². The minimum Gasteiger partial charge on any atom is -0.508 e. The summed E-state index contributed by atoms with van der Waals surface area (Å²) in [5, 5.41) is 22.8. The maximum Gasteiger partial charge on any atom is 0.271 e. The summed E-state index contributed by atoms with van der Waals surface area (Å²) in [5.74, 6) is -1.14. The van der Waals surface area contributed by atoms with Crippen LogP contribution in [-0.4, -0.2) is 21.8 Å². The first-order valence-corrected chi connectivity index (χ1v) is 6.10. The molecule has 0 saturated carbocycles. The lowest BCUT2D eigenvalue weighted by Gasteiger charge is -2.05. The standard InChI is InChI=1S/C15H13FN2O3/c1-9(13-7-6-12(19)8-14(13)20)17-18-15(21)10-2-4-11(16)5-3-10/h2-8,19-20H,1H3,(H,18,21). The number of halogens is 1. The Morgan fingerprint density at radius 2 is 1.81 bits per heavy atom. The van der Waals surface area contributed by atoms with Gasteiger partial charge in [0, 0.05) is 17.2 Å². The topological polar surface area (TPSA) is 81.9 Å². The Kier molecular flexibility index (Phi) is 4.18. The first-order chi connectivity index (χ1) is 9.97. The highest BCUT2D eigenvalue weighted by molar-refractivity contribution is 6.02. The molecule has 0 bridgehead atoms. The number of phenolic OH excluding ortho intramolecular Hbond substituents is 2. The molecule has 2 rings (SSSR count). The van der Waals surface area contributed by atoms with Gasteiger partial charge < -0.3 is 10.2 Å². The van der Waals surface area contributed by atoms with E-state index in [-0.39, 0.29) is 17.1 Å². The molecule has 0 heterocycles. The Hall–Kier alpha value is -2.89. The highest BCUT2D eigenvalue weighted by atomic mass is 19.1. The van der Waals surface area contributed by atoms with E-state index in [4.69, 9.17) is 0 Å². The van der Waals surface area contributed by atoms with Gasteiger partial charge in [0.05, 0.1) is 5.71 Å². The summed E-state index contributed by atoms with van der Waals surface area (Å²) < 4.78 is 12.8. The van der Waals surface area contributed by atoms with Crippen LogP contribution >= 0.6 is 0 Å². The number of carbonyl (C=O) groups excluding carboxylic acids is 1. The zero-order valence-corrected chi connectivity index (χ0v) is 11.2. The normalized spacial score (nSPS) is 11.2. The second-order valence-electron chi connectivity index (χ2n) is 4.35. The number of hydrogen-bond donors (Lipinski definition) is 3. The van der Waals surface area contributed by atoms with Crippen molar-refractivity contribution in [2.75, 3.05) is 0 Å². The fourth-order valence-electron chi connectivity index (χ4n) is 1.69. The molecule has 0 spiro atoms. The second kappa shape index (κ2) is 6.04. The van der Waals surface area contributed by atoms with Crippen molar-refractivity contribution < 1.29 is 19.4 Å². The highest BCUT2D eigenvalue weighted by Crippen LogP contribution is 2.22. The Balaban J connectivity index is 2.12. The van der Waals surface area contributed by atoms with Crippen LogP contribution < -0.4 is 5.43 Å². The van der Waals surface area contributed by atoms with Gasteiger partial charge in [-0.15, -0.1) is 0 Å². The molecule has 2 aromatic rings. The second-order valence-corrected chi connectivity index (χ2v) is 4.35. The third-order valence-corrected chi connectivity index (χ3v) is 2.80. The molecule has 0 aromatic heterocycles. The summed E-state index contributed by atoms with van der Waals surface area (Å²) in [4.78, 5) is 11.8. The van der Waals surface area contributed by atoms with Gasteiger partial charge in [0.25, 0.3) is 5.91 Å². The van der Waals surface area contributed by atoms with E-state index < -0.39 is 11.7 Å². The van der Waals surface area contributed by atoms with Gasteiger partial charge in [-0.1, -0.05) is 0 Å².